The highest BCUT2D eigenvalue weighted by Gasteiger charge is 2.29. The lowest BCUT2D eigenvalue weighted by molar-refractivity contribution is -0.143. The fourth-order valence-electron chi connectivity index (χ4n) is 2.50. The maximum Gasteiger partial charge on any atom is 0.308 e. The first kappa shape index (κ1) is 10.3. The SMILES string of the molecule is O=C(O)C1CCCCCC1n1cccc1. The van der Waals surface area contributed by atoms with Crippen molar-refractivity contribution in [2.24, 2.45) is 5.92 Å². The standard InChI is InChI=1S/C12H17NO2/c14-12(15)10-6-2-1-3-7-11(10)13-8-4-5-9-13/h4-5,8-11H,1-3,6-7H2,(H,14,15). The number of carboxylic acids is 1. The summed E-state index contributed by atoms with van der Waals surface area (Å²) in [6, 6.07) is 4.08. The monoisotopic (exact) mass is 207 g/mol. The molecule has 1 aliphatic rings. The first-order valence-electron chi connectivity index (χ1n) is 5.64. The number of carbonyl (C=O) groups is 1. The second kappa shape index (κ2) is 4.51. The summed E-state index contributed by atoms with van der Waals surface area (Å²) in [5, 5.41) is 9.22. The van der Waals surface area contributed by atoms with E-state index in [2.05, 4.69) is 4.57 Å². The Labute approximate surface area is 89.7 Å². The molecule has 82 valence electrons. The van der Waals surface area contributed by atoms with E-state index in [1.165, 1.54) is 6.42 Å². The lowest BCUT2D eigenvalue weighted by atomic mass is 9.95. The molecule has 0 amide bonds. The summed E-state index contributed by atoms with van der Waals surface area (Å²) < 4.78 is 2.06. The summed E-state index contributed by atoms with van der Waals surface area (Å²) >= 11 is 0. The molecule has 1 aromatic heterocycles. The Morgan fingerprint density at radius 2 is 1.80 bits per heavy atom. The van der Waals surface area contributed by atoms with Crippen LogP contribution >= 0.6 is 0 Å². The molecule has 0 aromatic carbocycles. The van der Waals surface area contributed by atoms with E-state index in [0.717, 1.165) is 25.7 Å². The summed E-state index contributed by atoms with van der Waals surface area (Å²) in [7, 11) is 0. The zero-order valence-electron chi connectivity index (χ0n) is 8.80. The molecule has 0 spiro atoms. The highest BCUT2D eigenvalue weighted by Crippen LogP contribution is 2.32. The fourth-order valence-corrected chi connectivity index (χ4v) is 2.50. The summed E-state index contributed by atoms with van der Waals surface area (Å²) in [6.45, 7) is 0. The third-order valence-electron chi connectivity index (χ3n) is 3.31. The third-order valence-corrected chi connectivity index (χ3v) is 3.31. The molecular weight excluding hydrogens is 190 g/mol. The van der Waals surface area contributed by atoms with Gasteiger partial charge in [-0.3, -0.25) is 4.79 Å². The van der Waals surface area contributed by atoms with Gasteiger partial charge < -0.3 is 9.67 Å². The third kappa shape index (κ3) is 2.22. The lowest BCUT2D eigenvalue weighted by Gasteiger charge is -2.23. The summed E-state index contributed by atoms with van der Waals surface area (Å²) in [5.41, 5.74) is 0. The van der Waals surface area contributed by atoms with Crippen LogP contribution in [0.1, 0.15) is 38.1 Å². The van der Waals surface area contributed by atoms with Gasteiger partial charge in [-0.15, -0.1) is 0 Å². The van der Waals surface area contributed by atoms with E-state index >= 15 is 0 Å². The molecule has 3 heteroatoms. The fraction of sp³-hybridized carbons (Fsp3) is 0.583. The number of hydrogen-bond acceptors (Lipinski definition) is 1. The zero-order chi connectivity index (χ0) is 10.7. The van der Waals surface area contributed by atoms with Gasteiger partial charge in [-0.25, -0.2) is 0 Å². The van der Waals surface area contributed by atoms with E-state index in [1.807, 2.05) is 24.5 Å². The maximum absolute atomic E-state index is 11.2. The van der Waals surface area contributed by atoms with Gasteiger partial charge in [0.25, 0.3) is 0 Å². The van der Waals surface area contributed by atoms with Gasteiger partial charge in [0.05, 0.1) is 5.92 Å². The Morgan fingerprint density at radius 3 is 2.47 bits per heavy atom. The molecule has 0 aliphatic heterocycles. The minimum absolute atomic E-state index is 0.153. The van der Waals surface area contributed by atoms with E-state index in [1.54, 1.807) is 0 Å². The summed E-state index contributed by atoms with van der Waals surface area (Å²) in [6.07, 6.45) is 9.13. The first-order valence-corrected chi connectivity index (χ1v) is 5.64. The summed E-state index contributed by atoms with van der Waals surface area (Å²) in [5.74, 6) is -0.851. The van der Waals surface area contributed by atoms with E-state index in [0.29, 0.717) is 0 Å². The number of aliphatic carboxylic acids is 1. The number of aromatic nitrogens is 1. The Hall–Kier alpha value is -1.25. The van der Waals surface area contributed by atoms with E-state index < -0.39 is 5.97 Å². The van der Waals surface area contributed by atoms with E-state index in [-0.39, 0.29) is 12.0 Å². The van der Waals surface area contributed by atoms with Crippen molar-refractivity contribution in [2.45, 2.75) is 38.1 Å². The molecule has 2 atom stereocenters. The van der Waals surface area contributed by atoms with E-state index in [4.69, 9.17) is 0 Å². The van der Waals surface area contributed by atoms with Crippen LogP contribution in [-0.4, -0.2) is 15.6 Å². The van der Waals surface area contributed by atoms with Crippen molar-refractivity contribution in [1.29, 1.82) is 0 Å². The van der Waals surface area contributed by atoms with Crippen LogP contribution in [0, 0.1) is 5.92 Å². The molecule has 1 heterocycles. The predicted molar refractivity (Wildman–Crippen MR) is 57.7 cm³/mol. The van der Waals surface area contributed by atoms with E-state index in [9.17, 15) is 9.90 Å². The predicted octanol–water partition coefficient (Wildman–Crippen LogP) is 2.69. The van der Waals surface area contributed by atoms with Gasteiger partial charge in [-0.1, -0.05) is 19.3 Å². The minimum Gasteiger partial charge on any atom is -0.481 e. The maximum atomic E-state index is 11.2. The molecule has 2 rings (SSSR count). The molecular formula is C12H17NO2. The van der Waals surface area contributed by atoms with Crippen LogP contribution in [0.25, 0.3) is 0 Å². The van der Waals surface area contributed by atoms with Gasteiger partial charge in [0, 0.05) is 18.4 Å². The Balaban J connectivity index is 2.20. The topological polar surface area (TPSA) is 42.2 Å². The Morgan fingerprint density at radius 1 is 1.13 bits per heavy atom. The highest BCUT2D eigenvalue weighted by atomic mass is 16.4. The number of rotatable bonds is 2. The van der Waals surface area contributed by atoms with Gasteiger partial charge in [0.15, 0.2) is 0 Å². The normalized spacial score (nSPS) is 27.2. The first-order chi connectivity index (χ1) is 7.29. The molecule has 0 radical (unpaired) electrons. The van der Waals surface area contributed by atoms with Crippen molar-refractivity contribution >= 4 is 5.97 Å². The largest absolute Gasteiger partial charge is 0.481 e. The summed E-state index contributed by atoms with van der Waals surface area (Å²) in [4.78, 5) is 11.2. The zero-order valence-corrected chi connectivity index (χ0v) is 8.80. The van der Waals surface area contributed by atoms with Crippen molar-refractivity contribution in [3.05, 3.63) is 24.5 Å². The molecule has 0 bridgehead atoms. The van der Waals surface area contributed by atoms with Gasteiger partial charge in [0.2, 0.25) is 0 Å². The quantitative estimate of drug-likeness (QED) is 0.757. The average Bonchev–Trinajstić information content (AvgIpc) is 2.61. The van der Waals surface area contributed by atoms with Crippen LogP contribution in [0.2, 0.25) is 0 Å². The van der Waals surface area contributed by atoms with Crippen LogP contribution in [0.5, 0.6) is 0 Å². The molecule has 2 unspecified atom stereocenters. The number of hydrogen-bond donors (Lipinski definition) is 1. The number of nitrogens with zero attached hydrogens (tertiary/aromatic N) is 1. The second-order valence-electron chi connectivity index (χ2n) is 4.28. The smallest absolute Gasteiger partial charge is 0.308 e. The van der Waals surface area contributed by atoms with Crippen LogP contribution in [-0.2, 0) is 4.79 Å². The van der Waals surface area contributed by atoms with Gasteiger partial charge >= 0.3 is 5.97 Å². The van der Waals surface area contributed by atoms with Gasteiger partial charge in [0.1, 0.15) is 0 Å². The average molecular weight is 207 g/mol. The van der Waals surface area contributed by atoms with Gasteiger partial charge in [-0.05, 0) is 25.0 Å². The highest BCUT2D eigenvalue weighted by molar-refractivity contribution is 5.70. The minimum atomic E-state index is -0.643. The van der Waals surface area contributed by atoms with Crippen LogP contribution in [0.3, 0.4) is 0 Å². The molecule has 15 heavy (non-hydrogen) atoms. The van der Waals surface area contributed by atoms with Gasteiger partial charge in [-0.2, -0.15) is 0 Å². The molecule has 1 aliphatic carbocycles. The van der Waals surface area contributed by atoms with Crippen molar-refractivity contribution in [3.8, 4) is 0 Å². The lowest BCUT2D eigenvalue weighted by Crippen LogP contribution is -2.24. The van der Waals surface area contributed by atoms with Crippen molar-refractivity contribution in [3.63, 3.8) is 0 Å². The van der Waals surface area contributed by atoms with Crippen LogP contribution < -0.4 is 0 Å². The molecule has 1 saturated carbocycles. The van der Waals surface area contributed by atoms with Crippen molar-refractivity contribution in [2.75, 3.05) is 0 Å². The Kier molecular flexibility index (Phi) is 3.09. The second-order valence-corrected chi connectivity index (χ2v) is 4.28. The molecule has 1 aromatic rings. The molecule has 1 N–H and O–H groups in total. The molecule has 1 fully saturated rings. The van der Waals surface area contributed by atoms with Crippen molar-refractivity contribution < 1.29 is 9.90 Å². The molecule has 0 saturated heterocycles. The van der Waals surface area contributed by atoms with Crippen molar-refractivity contribution in [1.82, 2.24) is 4.57 Å². The van der Waals surface area contributed by atoms with Crippen LogP contribution in [0.15, 0.2) is 24.5 Å². The molecule has 3 nitrogen and oxygen atoms in total. The number of carboxylic acid groups (broad SMARTS) is 1. The van der Waals surface area contributed by atoms with Crippen LogP contribution in [0.4, 0.5) is 0 Å². The Bertz CT molecular complexity index is 318.